The summed E-state index contributed by atoms with van der Waals surface area (Å²) in [5.74, 6) is -1.97. The number of carbonyl (C=O) groups is 3. The van der Waals surface area contributed by atoms with E-state index in [1.807, 2.05) is 19.9 Å². The van der Waals surface area contributed by atoms with Gasteiger partial charge in [-0.05, 0) is 69.0 Å². The van der Waals surface area contributed by atoms with Crippen LogP contribution in [0.4, 0.5) is 11.4 Å². The van der Waals surface area contributed by atoms with E-state index in [4.69, 9.17) is 21.1 Å². The normalized spacial score (nSPS) is 28.5. The number of rotatable bonds is 10. The van der Waals surface area contributed by atoms with Crippen molar-refractivity contribution in [3.05, 3.63) is 53.1 Å². The van der Waals surface area contributed by atoms with Crippen LogP contribution < -0.4 is 15.4 Å². The average molecular weight is 635 g/mol. The van der Waals surface area contributed by atoms with Gasteiger partial charge in [0, 0.05) is 23.7 Å². The molecular weight excluding hydrogens is 602 g/mol. The van der Waals surface area contributed by atoms with Crippen LogP contribution in [0, 0.1) is 18.8 Å². The van der Waals surface area contributed by atoms with Crippen LogP contribution in [0.2, 0.25) is 5.02 Å². The van der Waals surface area contributed by atoms with Crippen LogP contribution in [-0.4, -0.2) is 70.1 Å². The summed E-state index contributed by atoms with van der Waals surface area (Å²) >= 11 is 10.1. The zero-order valence-electron chi connectivity index (χ0n) is 22.4. The third-order valence-corrected chi connectivity index (χ3v) is 9.21. The number of hydrogen-bond donors (Lipinski definition) is 3. The quantitative estimate of drug-likeness (QED) is 0.267. The van der Waals surface area contributed by atoms with Gasteiger partial charge in [-0.2, -0.15) is 0 Å². The summed E-state index contributed by atoms with van der Waals surface area (Å²) in [6.45, 7) is 4.50. The van der Waals surface area contributed by atoms with Gasteiger partial charge in [0.05, 0.1) is 35.3 Å². The van der Waals surface area contributed by atoms with Gasteiger partial charge in [0.1, 0.15) is 17.4 Å². The molecular formula is C29H33BrClN3O6. The van der Waals surface area contributed by atoms with Gasteiger partial charge in [0.25, 0.3) is 0 Å². The summed E-state index contributed by atoms with van der Waals surface area (Å²) in [4.78, 5) is 43.0. The Morgan fingerprint density at radius 3 is 2.60 bits per heavy atom. The second-order valence-electron chi connectivity index (χ2n) is 10.5. The van der Waals surface area contributed by atoms with Crippen molar-refractivity contribution >= 4 is 56.6 Å². The topological polar surface area (TPSA) is 117 Å². The number of aryl methyl sites for hydroxylation is 1. The molecule has 0 aliphatic carbocycles. The van der Waals surface area contributed by atoms with Crippen molar-refractivity contribution in [2.24, 2.45) is 11.8 Å². The van der Waals surface area contributed by atoms with Crippen LogP contribution in [0.15, 0.2) is 42.5 Å². The second-order valence-corrected chi connectivity index (χ2v) is 12.1. The Kier molecular flexibility index (Phi) is 8.42. The molecule has 6 atom stereocenters. The Balaban J connectivity index is 1.46. The summed E-state index contributed by atoms with van der Waals surface area (Å²) < 4.78 is 12.0. The number of nitrogens with one attached hydrogen (secondary N) is 2. The van der Waals surface area contributed by atoms with E-state index in [1.54, 1.807) is 36.4 Å². The molecule has 3 saturated heterocycles. The number of halogens is 2. The minimum atomic E-state index is -1.19. The van der Waals surface area contributed by atoms with E-state index in [2.05, 4.69) is 26.6 Å². The van der Waals surface area contributed by atoms with Crippen LogP contribution in [-0.2, 0) is 19.1 Å². The highest BCUT2D eigenvalue weighted by atomic mass is 79.9. The maximum absolute atomic E-state index is 14.0. The molecule has 3 amide bonds. The van der Waals surface area contributed by atoms with Crippen molar-refractivity contribution in [3.8, 4) is 5.75 Å². The van der Waals surface area contributed by atoms with E-state index in [0.717, 1.165) is 5.56 Å². The van der Waals surface area contributed by atoms with Crippen LogP contribution in [0.1, 0.15) is 31.7 Å². The Morgan fingerprint density at radius 1 is 1.18 bits per heavy atom. The first-order valence-electron chi connectivity index (χ1n) is 13.5. The number of hydrogen-bond acceptors (Lipinski definition) is 6. The van der Waals surface area contributed by atoms with Crippen molar-refractivity contribution in [2.75, 3.05) is 30.4 Å². The van der Waals surface area contributed by atoms with E-state index in [0.29, 0.717) is 48.0 Å². The van der Waals surface area contributed by atoms with Crippen molar-refractivity contribution in [1.82, 2.24) is 4.90 Å². The maximum atomic E-state index is 14.0. The summed E-state index contributed by atoms with van der Waals surface area (Å²) in [5, 5.41) is 15.6. The first-order valence-corrected chi connectivity index (χ1v) is 14.8. The largest absolute Gasteiger partial charge is 0.494 e. The molecule has 2 aromatic rings. The highest BCUT2D eigenvalue weighted by Crippen LogP contribution is 2.60. The smallest absolute Gasteiger partial charge is 0.250 e. The molecule has 2 aromatic carbocycles. The highest BCUT2D eigenvalue weighted by molar-refractivity contribution is 9.09. The molecule has 0 saturated carbocycles. The number of amides is 3. The van der Waals surface area contributed by atoms with E-state index in [-0.39, 0.29) is 29.8 Å². The number of aliphatic hydroxyl groups excluding tert-OH is 1. The minimum Gasteiger partial charge on any atom is -0.494 e. The molecule has 3 unspecified atom stereocenters. The summed E-state index contributed by atoms with van der Waals surface area (Å²) in [5.41, 5.74) is 0.651. The number of benzene rings is 2. The zero-order valence-corrected chi connectivity index (χ0v) is 24.7. The van der Waals surface area contributed by atoms with Crippen LogP contribution in [0.25, 0.3) is 0 Å². The fraction of sp³-hybridized carbons (Fsp3) is 0.483. The van der Waals surface area contributed by atoms with Gasteiger partial charge >= 0.3 is 0 Å². The van der Waals surface area contributed by atoms with Crippen LogP contribution >= 0.6 is 27.5 Å². The number of aliphatic hydroxyl groups is 1. The number of ether oxygens (including phenoxy) is 2. The average Bonchev–Trinajstić information content (AvgIpc) is 3.51. The molecule has 40 heavy (non-hydrogen) atoms. The number of nitrogens with zero attached hydrogens (tertiary/aromatic N) is 1. The number of likely N-dealkylation sites (tertiary alicyclic amines) is 1. The Morgan fingerprint density at radius 2 is 1.93 bits per heavy atom. The molecule has 3 aliphatic heterocycles. The van der Waals surface area contributed by atoms with E-state index in [1.165, 1.54) is 4.90 Å². The SMILES string of the molecule is CCOc1ccc(NC(=O)[C@H]2[C@H]3C(=O)N(CCCCO)C(C(=O)Nc4c(C)cccc4Cl)C34CC(Br)[C@@H]2O4)cc1. The van der Waals surface area contributed by atoms with Crippen molar-refractivity contribution < 1.29 is 29.0 Å². The van der Waals surface area contributed by atoms with Crippen molar-refractivity contribution in [1.29, 1.82) is 0 Å². The highest BCUT2D eigenvalue weighted by Gasteiger charge is 2.76. The van der Waals surface area contributed by atoms with Gasteiger partial charge < -0.3 is 30.1 Å². The first kappa shape index (κ1) is 28.9. The third-order valence-electron chi connectivity index (χ3n) is 8.05. The Bertz CT molecular complexity index is 1270. The third kappa shape index (κ3) is 5.00. The molecule has 214 valence electrons. The lowest BCUT2D eigenvalue weighted by molar-refractivity contribution is -0.139. The molecule has 3 heterocycles. The van der Waals surface area contributed by atoms with Crippen molar-refractivity contribution in [2.45, 2.75) is 55.7 Å². The number of para-hydroxylation sites is 1. The van der Waals surface area contributed by atoms with Crippen molar-refractivity contribution in [3.63, 3.8) is 0 Å². The van der Waals surface area contributed by atoms with Gasteiger partial charge in [0.2, 0.25) is 17.7 Å². The molecule has 5 rings (SSSR count). The molecule has 2 bridgehead atoms. The lowest BCUT2D eigenvalue weighted by Crippen LogP contribution is -2.54. The van der Waals surface area contributed by atoms with Gasteiger partial charge in [-0.3, -0.25) is 14.4 Å². The molecule has 9 nitrogen and oxygen atoms in total. The van der Waals surface area contributed by atoms with E-state index in [9.17, 15) is 19.5 Å². The molecule has 11 heteroatoms. The van der Waals surface area contributed by atoms with Crippen LogP contribution in [0.3, 0.4) is 0 Å². The summed E-state index contributed by atoms with van der Waals surface area (Å²) in [7, 11) is 0. The fourth-order valence-electron chi connectivity index (χ4n) is 6.37. The molecule has 0 radical (unpaired) electrons. The summed E-state index contributed by atoms with van der Waals surface area (Å²) in [6.07, 6.45) is 0.806. The van der Waals surface area contributed by atoms with E-state index >= 15 is 0 Å². The number of carbonyl (C=O) groups excluding carboxylic acids is 3. The van der Waals surface area contributed by atoms with Gasteiger partial charge in [-0.1, -0.05) is 39.7 Å². The molecule has 3 N–H and O–H groups in total. The predicted molar refractivity (Wildman–Crippen MR) is 155 cm³/mol. The Hall–Kier alpha value is -2.66. The first-order chi connectivity index (χ1) is 19.2. The molecule has 1 spiro atoms. The standard InChI is InChI=1S/C29H33BrClN3O6/c1-3-39-18-11-9-17(10-12-18)32-26(36)21-22-28(38)34(13-4-5-14-35)25(29(22)15-19(30)24(21)40-29)27(37)33-23-16(2)7-6-8-20(23)31/h6-12,19,21-22,24-25,35H,3-5,13-15H2,1-2H3,(H,32,36)(H,33,37)/t19?,21-,22-,24-,25?,29?/m0/s1. The zero-order chi connectivity index (χ0) is 28.6. The monoisotopic (exact) mass is 633 g/mol. The second kappa shape index (κ2) is 11.7. The number of fused-ring (bicyclic) bond motifs is 1. The summed E-state index contributed by atoms with van der Waals surface area (Å²) in [6, 6.07) is 11.4. The van der Waals surface area contributed by atoms with E-state index < -0.39 is 35.5 Å². The molecule has 0 aromatic heterocycles. The van der Waals surface area contributed by atoms with Crippen LogP contribution in [0.5, 0.6) is 5.75 Å². The lowest BCUT2D eigenvalue weighted by Gasteiger charge is -2.34. The number of unbranched alkanes of at least 4 members (excludes halogenated alkanes) is 1. The van der Waals surface area contributed by atoms with Gasteiger partial charge in [-0.25, -0.2) is 0 Å². The minimum absolute atomic E-state index is 0.0263. The predicted octanol–water partition coefficient (Wildman–Crippen LogP) is 4.14. The number of anilines is 2. The number of alkyl halides is 1. The molecule has 3 aliphatic rings. The Labute approximate surface area is 246 Å². The molecule has 3 fully saturated rings. The lowest BCUT2D eigenvalue weighted by atomic mass is 9.70. The van der Waals surface area contributed by atoms with Gasteiger partial charge in [0.15, 0.2) is 0 Å². The van der Waals surface area contributed by atoms with Gasteiger partial charge in [-0.15, -0.1) is 0 Å². The fourth-order valence-corrected chi connectivity index (χ4v) is 7.58. The maximum Gasteiger partial charge on any atom is 0.250 e.